The number of hydrogen-bond acceptors (Lipinski definition) is 4. The smallest absolute Gasteiger partial charge is 0.344 e. The molecule has 1 unspecified atom stereocenters. The number of rotatable bonds is 6. The van der Waals surface area contributed by atoms with Crippen LogP contribution in [0.4, 0.5) is 5.69 Å². The van der Waals surface area contributed by atoms with E-state index >= 15 is 0 Å². The van der Waals surface area contributed by atoms with E-state index in [2.05, 4.69) is 5.32 Å². The molecule has 0 spiro atoms. The van der Waals surface area contributed by atoms with Crippen LogP contribution in [0.25, 0.3) is 10.8 Å². The Morgan fingerprint density at radius 2 is 1.64 bits per heavy atom. The number of amides is 1. The average molecular weight is 377 g/mol. The lowest BCUT2D eigenvalue weighted by atomic mass is 10.1. The molecule has 1 amide bonds. The number of hydrogen-bond donors (Lipinski definition) is 1. The summed E-state index contributed by atoms with van der Waals surface area (Å²) in [5.41, 5.74) is 2.77. The minimum absolute atomic E-state index is 0.255. The Kier molecular flexibility index (Phi) is 5.94. The summed E-state index contributed by atoms with van der Waals surface area (Å²) >= 11 is 0. The van der Waals surface area contributed by atoms with Crippen molar-refractivity contribution in [2.24, 2.45) is 0 Å². The molecule has 0 heterocycles. The van der Waals surface area contributed by atoms with Crippen molar-refractivity contribution in [3.8, 4) is 5.75 Å². The number of anilines is 1. The molecule has 0 fully saturated rings. The Balaban J connectivity index is 1.56. The molecule has 0 aliphatic rings. The largest absolute Gasteiger partial charge is 0.482 e. The predicted molar refractivity (Wildman–Crippen MR) is 110 cm³/mol. The predicted octanol–water partition coefficient (Wildman–Crippen LogP) is 4.41. The van der Waals surface area contributed by atoms with Crippen LogP contribution in [0.3, 0.4) is 0 Å². The minimum Gasteiger partial charge on any atom is -0.482 e. The van der Waals surface area contributed by atoms with E-state index in [9.17, 15) is 9.59 Å². The van der Waals surface area contributed by atoms with Gasteiger partial charge in [-0.2, -0.15) is 0 Å². The summed E-state index contributed by atoms with van der Waals surface area (Å²) < 4.78 is 10.7. The highest BCUT2D eigenvalue weighted by Gasteiger charge is 2.19. The number of benzene rings is 3. The molecule has 3 aromatic carbocycles. The van der Waals surface area contributed by atoms with Crippen molar-refractivity contribution in [1.82, 2.24) is 0 Å². The molecule has 1 atom stereocenters. The summed E-state index contributed by atoms with van der Waals surface area (Å²) in [6, 6.07) is 19.1. The molecule has 5 nitrogen and oxygen atoms in total. The van der Waals surface area contributed by atoms with Crippen LogP contribution in [0, 0.1) is 13.8 Å². The number of carbonyl (C=O) groups is 2. The first kappa shape index (κ1) is 19.4. The molecule has 0 aliphatic heterocycles. The van der Waals surface area contributed by atoms with E-state index in [1.807, 2.05) is 74.5 Å². The molecule has 0 saturated carbocycles. The first-order valence-electron chi connectivity index (χ1n) is 9.11. The number of nitrogens with one attached hydrogen (secondary N) is 1. The number of carbonyl (C=O) groups excluding carboxylic acids is 2. The van der Waals surface area contributed by atoms with Crippen LogP contribution in [0.2, 0.25) is 0 Å². The molecule has 0 saturated heterocycles. The standard InChI is InChI=1S/C23H23NO4/c1-15-11-16(2)13-19(12-15)27-14-22(25)28-17(3)23(26)24-21-10-6-8-18-7-4-5-9-20(18)21/h4-13,17H,14H2,1-3H3,(H,24,26). The zero-order valence-corrected chi connectivity index (χ0v) is 16.2. The van der Waals surface area contributed by atoms with E-state index in [1.165, 1.54) is 6.92 Å². The van der Waals surface area contributed by atoms with E-state index < -0.39 is 18.0 Å². The first-order valence-corrected chi connectivity index (χ1v) is 9.11. The van der Waals surface area contributed by atoms with Crippen LogP contribution in [0.1, 0.15) is 18.1 Å². The highest BCUT2D eigenvalue weighted by Crippen LogP contribution is 2.23. The van der Waals surface area contributed by atoms with Crippen molar-refractivity contribution in [2.75, 3.05) is 11.9 Å². The highest BCUT2D eigenvalue weighted by atomic mass is 16.6. The molecular formula is C23H23NO4. The normalized spacial score (nSPS) is 11.7. The van der Waals surface area contributed by atoms with E-state index in [0.717, 1.165) is 21.9 Å². The summed E-state index contributed by atoms with van der Waals surface area (Å²) in [6.45, 7) is 5.19. The Bertz CT molecular complexity index is 987. The van der Waals surface area contributed by atoms with Crippen molar-refractivity contribution in [2.45, 2.75) is 26.9 Å². The molecule has 28 heavy (non-hydrogen) atoms. The van der Waals surface area contributed by atoms with Gasteiger partial charge in [-0.05, 0) is 55.5 Å². The third kappa shape index (κ3) is 4.88. The highest BCUT2D eigenvalue weighted by molar-refractivity contribution is 6.03. The third-order valence-electron chi connectivity index (χ3n) is 4.28. The zero-order chi connectivity index (χ0) is 20.1. The molecule has 144 valence electrons. The molecular weight excluding hydrogens is 354 g/mol. The van der Waals surface area contributed by atoms with E-state index in [0.29, 0.717) is 11.4 Å². The van der Waals surface area contributed by atoms with Gasteiger partial charge in [0.15, 0.2) is 12.7 Å². The van der Waals surface area contributed by atoms with Gasteiger partial charge in [0.05, 0.1) is 0 Å². The van der Waals surface area contributed by atoms with Crippen molar-refractivity contribution in [1.29, 1.82) is 0 Å². The van der Waals surface area contributed by atoms with E-state index in [1.54, 1.807) is 0 Å². The minimum atomic E-state index is -0.936. The summed E-state index contributed by atoms with van der Waals surface area (Å²) in [4.78, 5) is 24.5. The van der Waals surface area contributed by atoms with Gasteiger partial charge in [0.25, 0.3) is 5.91 Å². The Hall–Kier alpha value is -3.34. The number of aryl methyl sites for hydroxylation is 2. The molecule has 3 rings (SSSR count). The quantitative estimate of drug-likeness (QED) is 0.647. The van der Waals surface area contributed by atoms with Crippen LogP contribution >= 0.6 is 0 Å². The van der Waals surface area contributed by atoms with Crippen LogP contribution < -0.4 is 10.1 Å². The maximum atomic E-state index is 12.4. The molecule has 0 aromatic heterocycles. The average Bonchev–Trinajstić information content (AvgIpc) is 2.66. The van der Waals surface area contributed by atoms with E-state index in [-0.39, 0.29) is 6.61 Å². The molecule has 1 N–H and O–H groups in total. The Morgan fingerprint density at radius 1 is 0.964 bits per heavy atom. The van der Waals surface area contributed by atoms with Crippen LogP contribution in [0.15, 0.2) is 60.7 Å². The molecule has 5 heteroatoms. The second-order valence-corrected chi connectivity index (χ2v) is 6.76. The van der Waals surface area contributed by atoms with Crippen molar-refractivity contribution >= 4 is 28.3 Å². The van der Waals surface area contributed by atoms with E-state index in [4.69, 9.17) is 9.47 Å². The molecule has 0 bridgehead atoms. The lowest BCUT2D eigenvalue weighted by Crippen LogP contribution is -2.31. The van der Waals surface area contributed by atoms with Gasteiger partial charge >= 0.3 is 5.97 Å². The fraction of sp³-hybridized carbons (Fsp3) is 0.217. The fourth-order valence-electron chi connectivity index (χ4n) is 3.01. The molecule has 0 aliphatic carbocycles. The topological polar surface area (TPSA) is 64.6 Å². The molecule has 3 aromatic rings. The van der Waals surface area contributed by atoms with Gasteiger partial charge in [-0.15, -0.1) is 0 Å². The van der Waals surface area contributed by atoms with Gasteiger partial charge in [0.2, 0.25) is 0 Å². The maximum absolute atomic E-state index is 12.4. The Labute approximate surface area is 164 Å². The van der Waals surface area contributed by atoms with Gasteiger partial charge in [0.1, 0.15) is 5.75 Å². The van der Waals surface area contributed by atoms with Crippen LogP contribution in [0.5, 0.6) is 5.75 Å². The SMILES string of the molecule is Cc1cc(C)cc(OCC(=O)OC(C)C(=O)Nc2cccc3ccccc23)c1. The lowest BCUT2D eigenvalue weighted by molar-refractivity contribution is -0.155. The summed E-state index contributed by atoms with van der Waals surface area (Å²) in [5.74, 6) is -0.391. The third-order valence-corrected chi connectivity index (χ3v) is 4.28. The Morgan fingerprint density at radius 3 is 2.39 bits per heavy atom. The van der Waals surface area contributed by atoms with Crippen molar-refractivity contribution < 1.29 is 19.1 Å². The maximum Gasteiger partial charge on any atom is 0.344 e. The van der Waals surface area contributed by atoms with Gasteiger partial charge in [-0.1, -0.05) is 42.5 Å². The van der Waals surface area contributed by atoms with Crippen molar-refractivity contribution in [3.05, 3.63) is 71.8 Å². The second-order valence-electron chi connectivity index (χ2n) is 6.76. The zero-order valence-electron chi connectivity index (χ0n) is 16.2. The van der Waals surface area contributed by atoms with Crippen LogP contribution in [-0.4, -0.2) is 24.6 Å². The first-order chi connectivity index (χ1) is 13.4. The van der Waals surface area contributed by atoms with Gasteiger partial charge in [0, 0.05) is 11.1 Å². The van der Waals surface area contributed by atoms with Gasteiger partial charge in [-0.25, -0.2) is 4.79 Å². The number of ether oxygens (including phenoxy) is 2. The summed E-state index contributed by atoms with van der Waals surface area (Å²) in [7, 11) is 0. The molecule has 0 radical (unpaired) electrons. The lowest BCUT2D eigenvalue weighted by Gasteiger charge is -2.15. The summed E-state index contributed by atoms with van der Waals surface area (Å²) in [6.07, 6.45) is -0.936. The van der Waals surface area contributed by atoms with Crippen LogP contribution in [-0.2, 0) is 14.3 Å². The van der Waals surface area contributed by atoms with Gasteiger partial charge in [-0.3, -0.25) is 4.79 Å². The fourth-order valence-corrected chi connectivity index (χ4v) is 3.01. The monoisotopic (exact) mass is 377 g/mol. The summed E-state index contributed by atoms with van der Waals surface area (Å²) in [5, 5.41) is 4.77. The number of fused-ring (bicyclic) bond motifs is 1. The second kappa shape index (κ2) is 8.57. The van der Waals surface area contributed by atoms with Crippen molar-refractivity contribution in [3.63, 3.8) is 0 Å². The number of esters is 1. The van der Waals surface area contributed by atoms with Gasteiger partial charge < -0.3 is 14.8 Å².